The number of benzene rings is 1. The number of nitrogens with one attached hydrogen (secondary N) is 6. The Kier molecular flexibility index (Phi) is 22.4. The van der Waals surface area contributed by atoms with Crippen LogP contribution in [0.3, 0.4) is 0 Å². The Bertz CT molecular complexity index is 1610. The number of hydrogen-bond donors (Lipinski definition) is 10. The Morgan fingerprint density at radius 1 is 0.712 bits per heavy atom. The van der Waals surface area contributed by atoms with Crippen LogP contribution in [0.15, 0.2) is 30.3 Å². The molecule has 0 saturated heterocycles. The first kappa shape index (κ1) is 51.4. The highest BCUT2D eigenvalue weighted by Crippen LogP contribution is 2.14. The van der Waals surface area contributed by atoms with E-state index in [1.165, 1.54) is 7.05 Å². The number of carboxylic acid groups (broad SMARTS) is 1. The van der Waals surface area contributed by atoms with Gasteiger partial charge in [-0.1, -0.05) is 84.7 Å². The van der Waals surface area contributed by atoms with Crippen LogP contribution < -0.4 is 43.4 Å². The predicted molar refractivity (Wildman–Crippen MR) is 215 cm³/mol. The molecular weight excluding hydrogens is 770 g/mol. The Labute approximate surface area is 344 Å². The molecular formula is C39H63N9O11. The number of carbonyl (C=O) groups is 9. The third-order valence-electron chi connectivity index (χ3n) is 9.60. The average Bonchev–Trinajstić information content (AvgIpc) is 3.18. The van der Waals surface area contributed by atoms with Crippen molar-refractivity contribution in [1.29, 1.82) is 0 Å². The van der Waals surface area contributed by atoms with Gasteiger partial charge in [0.1, 0.15) is 36.3 Å². The van der Waals surface area contributed by atoms with Crippen LogP contribution >= 0.6 is 0 Å². The summed E-state index contributed by atoms with van der Waals surface area (Å²) in [7, 11) is 1.28. The predicted octanol–water partition coefficient (Wildman–Crippen LogP) is -2.35. The fraction of sp³-hybridized carbons (Fsp3) is 0.615. The van der Waals surface area contributed by atoms with Crippen LogP contribution in [-0.4, -0.2) is 131 Å². The normalized spacial score (nSPS) is 15.1. The van der Waals surface area contributed by atoms with Gasteiger partial charge in [-0.15, -0.1) is 0 Å². The number of aliphatic hydroxyl groups is 1. The van der Waals surface area contributed by atoms with Gasteiger partial charge in [0.2, 0.25) is 47.3 Å². The average molecular weight is 834 g/mol. The fourth-order valence-corrected chi connectivity index (χ4v) is 5.72. The lowest BCUT2D eigenvalue weighted by Gasteiger charge is -2.30. The molecule has 0 bridgehead atoms. The van der Waals surface area contributed by atoms with Crippen LogP contribution in [0.2, 0.25) is 0 Å². The summed E-state index contributed by atoms with van der Waals surface area (Å²) in [5, 5.41) is 33.6. The van der Waals surface area contributed by atoms with Crippen molar-refractivity contribution in [2.24, 2.45) is 29.2 Å². The highest BCUT2D eigenvalue weighted by atomic mass is 16.4. The molecule has 8 atom stereocenters. The number of nitrogens with two attached hydrogens (primary N) is 2. The van der Waals surface area contributed by atoms with Gasteiger partial charge in [-0.3, -0.25) is 38.4 Å². The minimum Gasteiger partial charge on any atom is -0.480 e. The topological polar surface area (TPSA) is 322 Å². The SMILES string of the molecule is CC[C@H](C)[C@H](NC(=O)[C@@H](NC(=O)[C@@H](N)CO)[C@@H](C)CC)C(=O)N[C@@H](CC(N)=O)C(=O)N[C@@H](Cc1ccccc1)C(=O)N(C)CC(=O)NCC(=O)N[C@@H](CC(C)C)C(=O)O. The highest BCUT2D eigenvalue weighted by molar-refractivity contribution is 5.98. The molecule has 20 nitrogen and oxygen atoms in total. The number of nitrogens with zero attached hydrogens (tertiary/aromatic N) is 1. The molecule has 0 aromatic heterocycles. The van der Waals surface area contributed by atoms with Crippen molar-refractivity contribution in [3.05, 3.63) is 35.9 Å². The van der Waals surface area contributed by atoms with E-state index in [9.17, 15) is 53.4 Å². The van der Waals surface area contributed by atoms with Gasteiger partial charge in [-0.05, 0) is 29.7 Å². The van der Waals surface area contributed by atoms with E-state index >= 15 is 0 Å². The third kappa shape index (κ3) is 18.2. The molecule has 1 rings (SSSR count). The number of amides is 8. The summed E-state index contributed by atoms with van der Waals surface area (Å²) < 4.78 is 0. The molecule has 0 radical (unpaired) electrons. The van der Waals surface area contributed by atoms with E-state index in [-0.39, 0.29) is 18.8 Å². The van der Waals surface area contributed by atoms with Crippen LogP contribution in [0.25, 0.3) is 0 Å². The molecule has 12 N–H and O–H groups in total. The first-order chi connectivity index (χ1) is 27.6. The quantitative estimate of drug-likeness (QED) is 0.0469. The molecule has 330 valence electrons. The molecule has 0 aliphatic carbocycles. The summed E-state index contributed by atoms with van der Waals surface area (Å²) in [6.45, 7) is 8.69. The Hall–Kier alpha value is -5.63. The van der Waals surface area contributed by atoms with Gasteiger partial charge in [0.15, 0.2) is 0 Å². The number of carbonyl (C=O) groups excluding carboxylic acids is 8. The van der Waals surface area contributed by atoms with Gasteiger partial charge in [0.25, 0.3) is 0 Å². The standard InChI is InChI=1S/C39H63N9O11/c1-8-22(5)32(47-37(56)33(23(6)9-2)46-34(53)25(40)20-49)36(55)44-26(17-29(41)50)35(54)45-27(16-24-13-11-10-12-14-24)38(57)48(7)19-31(52)42-18-30(51)43-28(39(58)59)15-21(3)4/h10-14,21-23,25-28,32-33,49H,8-9,15-20,40H2,1-7H3,(H2,41,50)(H,42,52)(H,43,51)(H,44,55)(H,45,54)(H,46,53)(H,47,56)(H,58,59)/t22-,23-,25-,26-,27-,28-,32-,33-/m0/s1. The van der Waals surface area contributed by atoms with Crippen molar-refractivity contribution in [1.82, 2.24) is 36.8 Å². The van der Waals surface area contributed by atoms with Gasteiger partial charge in [-0.2, -0.15) is 0 Å². The van der Waals surface area contributed by atoms with Crippen LogP contribution in [-0.2, 0) is 49.6 Å². The zero-order valence-corrected chi connectivity index (χ0v) is 34.9. The van der Waals surface area contributed by atoms with Gasteiger partial charge in [0.05, 0.1) is 26.1 Å². The number of aliphatic carboxylic acids is 1. The largest absolute Gasteiger partial charge is 0.480 e. The summed E-state index contributed by atoms with van der Waals surface area (Å²) >= 11 is 0. The fourth-order valence-electron chi connectivity index (χ4n) is 5.72. The van der Waals surface area contributed by atoms with Gasteiger partial charge in [-0.25, -0.2) is 4.79 Å². The first-order valence-electron chi connectivity index (χ1n) is 19.6. The number of primary amides is 1. The van der Waals surface area contributed by atoms with E-state index in [0.29, 0.717) is 18.4 Å². The summed E-state index contributed by atoms with van der Waals surface area (Å²) in [6, 6.07) is 0.682. The molecule has 0 saturated carbocycles. The molecule has 20 heteroatoms. The van der Waals surface area contributed by atoms with E-state index in [1.54, 1.807) is 71.9 Å². The molecule has 0 heterocycles. The van der Waals surface area contributed by atoms with Crippen molar-refractivity contribution < 1.29 is 53.4 Å². The summed E-state index contributed by atoms with van der Waals surface area (Å²) in [5.74, 6) is -8.80. The van der Waals surface area contributed by atoms with Gasteiger partial charge in [0, 0.05) is 13.5 Å². The monoisotopic (exact) mass is 833 g/mol. The third-order valence-corrected chi connectivity index (χ3v) is 9.60. The molecule has 0 fully saturated rings. The Morgan fingerprint density at radius 2 is 1.24 bits per heavy atom. The maximum atomic E-state index is 13.8. The maximum Gasteiger partial charge on any atom is 0.326 e. The number of aliphatic hydroxyl groups excluding tert-OH is 1. The zero-order chi connectivity index (χ0) is 45.0. The molecule has 0 aliphatic heterocycles. The van der Waals surface area contributed by atoms with Crippen LogP contribution in [0, 0.1) is 17.8 Å². The summed E-state index contributed by atoms with van der Waals surface area (Å²) in [4.78, 5) is 117. The number of likely N-dealkylation sites (N-methyl/N-ethyl adjacent to an activating group) is 1. The second-order valence-electron chi connectivity index (χ2n) is 15.1. The minimum atomic E-state index is -1.63. The number of hydrogen-bond acceptors (Lipinski definition) is 11. The first-order valence-corrected chi connectivity index (χ1v) is 19.6. The summed E-state index contributed by atoms with van der Waals surface area (Å²) in [6.07, 6.45) is 0.205. The van der Waals surface area contributed by atoms with E-state index in [1.807, 2.05) is 0 Å². The number of carboxylic acids is 1. The molecule has 0 spiro atoms. The number of rotatable bonds is 26. The van der Waals surface area contributed by atoms with Crippen molar-refractivity contribution in [3.63, 3.8) is 0 Å². The maximum absolute atomic E-state index is 13.8. The lowest BCUT2D eigenvalue weighted by Crippen LogP contribution is -2.61. The smallest absolute Gasteiger partial charge is 0.326 e. The van der Waals surface area contributed by atoms with Gasteiger partial charge >= 0.3 is 5.97 Å². The zero-order valence-electron chi connectivity index (χ0n) is 34.9. The molecule has 59 heavy (non-hydrogen) atoms. The minimum absolute atomic E-state index is 0.0276. The molecule has 8 amide bonds. The van der Waals surface area contributed by atoms with Crippen molar-refractivity contribution >= 4 is 53.2 Å². The molecule has 0 aliphatic rings. The molecule has 1 aromatic rings. The van der Waals surface area contributed by atoms with E-state index in [2.05, 4.69) is 31.9 Å². The molecule has 0 unspecified atom stereocenters. The van der Waals surface area contributed by atoms with Crippen molar-refractivity contribution in [2.45, 2.75) is 110 Å². The van der Waals surface area contributed by atoms with Crippen molar-refractivity contribution in [3.8, 4) is 0 Å². The Morgan fingerprint density at radius 3 is 1.73 bits per heavy atom. The second kappa shape index (κ2) is 25.7. The Balaban J connectivity index is 3.27. The second-order valence-corrected chi connectivity index (χ2v) is 15.1. The van der Waals surface area contributed by atoms with Crippen LogP contribution in [0.4, 0.5) is 0 Å². The van der Waals surface area contributed by atoms with Crippen LogP contribution in [0.5, 0.6) is 0 Å². The van der Waals surface area contributed by atoms with Crippen molar-refractivity contribution in [2.75, 3.05) is 26.7 Å². The highest BCUT2D eigenvalue weighted by Gasteiger charge is 2.36. The van der Waals surface area contributed by atoms with Crippen LogP contribution in [0.1, 0.15) is 72.8 Å². The summed E-state index contributed by atoms with van der Waals surface area (Å²) in [5.41, 5.74) is 11.7. The lowest BCUT2D eigenvalue weighted by atomic mass is 9.94. The van der Waals surface area contributed by atoms with Gasteiger partial charge < -0.3 is 58.5 Å². The van der Waals surface area contributed by atoms with E-state index in [0.717, 1.165) is 4.90 Å². The van der Waals surface area contributed by atoms with E-state index < -0.39 is 127 Å². The van der Waals surface area contributed by atoms with E-state index in [4.69, 9.17) is 11.5 Å². The molecule has 1 aromatic carbocycles. The lowest BCUT2D eigenvalue weighted by molar-refractivity contribution is -0.142.